The first-order valence-electron chi connectivity index (χ1n) is 5.89. The van der Waals surface area contributed by atoms with Crippen LogP contribution >= 0.6 is 12.2 Å². The van der Waals surface area contributed by atoms with Crippen LogP contribution in [0.2, 0.25) is 0 Å². The van der Waals surface area contributed by atoms with Crippen molar-refractivity contribution in [3.63, 3.8) is 0 Å². The maximum atomic E-state index is 11.6. The Morgan fingerprint density at radius 2 is 1.94 bits per heavy atom. The number of hydrogen-bond donors (Lipinski definition) is 0. The lowest BCUT2D eigenvalue weighted by atomic mass is 9.97. The highest BCUT2D eigenvalue weighted by atomic mass is 32.1. The van der Waals surface area contributed by atoms with E-state index in [2.05, 4.69) is 0 Å². The van der Waals surface area contributed by atoms with Crippen molar-refractivity contribution in [1.29, 1.82) is 0 Å². The van der Waals surface area contributed by atoms with E-state index < -0.39 is 0 Å². The van der Waals surface area contributed by atoms with Crippen LogP contribution in [0.5, 0.6) is 0 Å². The Labute approximate surface area is 114 Å². The van der Waals surface area contributed by atoms with Gasteiger partial charge in [-0.3, -0.25) is 4.79 Å². The molecule has 0 fully saturated rings. The first kappa shape index (κ1) is 14.6. The molecule has 3 nitrogen and oxygen atoms in total. The molecular weight excluding hydrogens is 246 g/mol. The van der Waals surface area contributed by atoms with Crippen LogP contribution in [-0.4, -0.2) is 36.6 Å². The van der Waals surface area contributed by atoms with Gasteiger partial charge in [0, 0.05) is 14.1 Å². The molecule has 0 aliphatic carbocycles. The van der Waals surface area contributed by atoms with Crippen LogP contribution < -0.4 is 0 Å². The second kappa shape index (κ2) is 7.11. The summed E-state index contributed by atoms with van der Waals surface area (Å²) in [5.74, 6) is -0.0225. The quantitative estimate of drug-likeness (QED) is 0.764. The normalized spacial score (nSPS) is 11.7. The molecule has 98 valence electrons. The molecule has 0 saturated heterocycles. The minimum absolute atomic E-state index is 0.125. The maximum Gasteiger partial charge on any atom is 0.258 e. The van der Waals surface area contributed by atoms with Gasteiger partial charge in [0.05, 0.1) is 5.92 Å². The molecule has 0 radical (unpaired) electrons. The van der Waals surface area contributed by atoms with Crippen LogP contribution in [-0.2, 0) is 16.0 Å². The smallest absolute Gasteiger partial charge is 0.258 e. The van der Waals surface area contributed by atoms with Crippen molar-refractivity contribution in [2.45, 2.75) is 13.3 Å². The van der Waals surface area contributed by atoms with Crippen molar-refractivity contribution in [3.8, 4) is 0 Å². The predicted octanol–water partition coefficient (Wildman–Crippen LogP) is 2.30. The molecule has 0 spiro atoms. The summed E-state index contributed by atoms with van der Waals surface area (Å²) in [4.78, 5) is 13.3. The highest BCUT2D eigenvalue weighted by Gasteiger charge is 2.16. The molecule has 0 aromatic heterocycles. The van der Waals surface area contributed by atoms with E-state index in [0.29, 0.717) is 18.2 Å². The lowest BCUT2D eigenvalue weighted by Crippen LogP contribution is -2.28. The molecule has 1 unspecified atom stereocenters. The molecule has 4 heteroatoms. The van der Waals surface area contributed by atoms with E-state index in [4.69, 9.17) is 17.0 Å². The molecule has 1 rings (SSSR count). The Hall–Kier alpha value is -1.42. The number of thiocarbonyl (C=S) groups is 1. The van der Waals surface area contributed by atoms with Gasteiger partial charge in [-0.25, -0.2) is 0 Å². The predicted molar refractivity (Wildman–Crippen MR) is 76.6 cm³/mol. The van der Waals surface area contributed by atoms with Gasteiger partial charge in [0.2, 0.25) is 0 Å². The van der Waals surface area contributed by atoms with E-state index in [9.17, 15) is 4.79 Å². The monoisotopic (exact) mass is 265 g/mol. The van der Waals surface area contributed by atoms with Crippen molar-refractivity contribution in [2.75, 3.05) is 20.7 Å². The standard InChI is InChI=1S/C14H19NO2S/c1-11(16)13(10-17-14(18)15(2)3)9-12-7-5-4-6-8-12/h4-8,13H,9-10H2,1-3H3. The van der Waals surface area contributed by atoms with E-state index in [1.807, 2.05) is 44.4 Å². The van der Waals surface area contributed by atoms with E-state index in [-0.39, 0.29) is 11.7 Å². The summed E-state index contributed by atoms with van der Waals surface area (Å²) in [5.41, 5.74) is 1.14. The Morgan fingerprint density at radius 1 is 1.33 bits per heavy atom. The molecule has 18 heavy (non-hydrogen) atoms. The lowest BCUT2D eigenvalue weighted by molar-refractivity contribution is -0.121. The number of Topliss-reactive ketones (excluding diaryl/α,β-unsaturated/α-hetero) is 1. The zero-order valence-corrected chi connectivity index (χ0v) is 11.9. The fraction of sp³-hybridized carbons (Fsp3) is 0.429. The van der Waals surface area contributed by atoms with Crippen LogP contribution in [0.15, 0.2) is 30.3 Å². The summed E-state index contributed by atoms with van der Waals surface area (Å²) < 4.78 is 5.44. The van der Waals surface area contributed by atoms with Crippen molar-refractivity contribution < 1.29 is 9.53 Å². The molecule has 0 bridgehead atoms. The van der Waals surface area contributed by atoms with Crippen LogP contribution in [0.1, 0.15) is 12.5 Å². The summed E-state index contributed by atoms with van der Waals surface area (Å²) in [6, 6.07) is 9.93. The van der Waals surface area contributed by atoms with Crippen molar-refractivity contribution in [1.82, 2.24) is 4.90 Å². The highest BCUT2D eigenvalue weighted by molar-refractivity contribution is 7.80. The molecule has 1 aromatic carbocycles. The van der Waals surface area contributed by atoms with Crippen LogP contribution in [0, 0.1) is 5.92 Å². The Bertz CT molecular complexity index is 404. The highest BCUT2D eigenvalue weighted by Crippen LogP contribution is 2.11. The molecule has 0 saturated carbocycles. The van der Waals surface area contributed by atoms with E-state index in [0.717, 1.165) is 5.56 Å². The second-order valence-corrected chi connectivity index (χ2v) is 4.82. The average molecular weight is 265 g/mol. The van der Waals surface area contributed by atoms with Gasteiger partial charge >= 0.3 is 0 Å². The number of benzene rings is 1. The third-order valence-corrected chi connectivity index (χ3v) is 3.16. The van der Waals surface area contributed by atoms with Crippen molar-refractivity contribution >= 4 is 23.2 Å². The molecule has 1 atom stereocenters. The first-order chi connectivity index (χ1) is 8.50. The van der Waals surface area contributed by atoms with Gasteiger partial charge in [-0.1, -0.05) is 30.3 Å². The van der Waals surface area contributed by atoms with Crippen molar-refractivity contribution in [2.24, 2.45) is 5.92 Å². The number of nitrogens with zero attached hydrogens (tertiary/aromatic N) is 1. The van der Waals surface area contributed by atoms with Gasteiger partial charge < -0.3 is 9.64 Å². The summed E-state index contributed by atoms with van der Waals surface area (Å²) in [6.07, 6.45) is 0.687. The SMILES string of the molecule is CC(=O)C(COC(=S)N(C)C)Cc1ccccc1. The number of ether oxygens (including phenoxy) is 1. The van der Waals surface area contributed by atoms with Gasteiger partial charge in [-0.2, -0.15) is 0 Å². The fourth-order valence-corrected chi connectivity index (χ4v) is 1.59. The van der Waals surface area contributed by atoms with E-state index >= 15 is 0 Å². The second-order valence-electron chi connectivity index (χ2n) is 4.47. The molecule has 1 aromatic rings. The maximum absolute atomic E-state index is 11.6. The fourth-order valence-electron chi connectivity index (χ4n) is 1.52. The number of carbonyl (C=O) groups is 1. The molecule has 0 amide bonds. The molecular formula is C14H19NO2S. The lowest BCUT2D eigenvalue weighted by Gasteiger charge is -2.18. The zero-order valence-electron chi connectivity index (χ0n) is 11.1. The van der Waals surface area contributed by atoms with Gasteiger partial charge in [0.1, 0.15) is 12.4 Å². The third-order valence-electron chi connectivity index (χ3n) is 2.67. The molecule has 0 N–H and O–H groups in total. The Balaban J connectivity index is 2.56. The molecule has 0 heterocycles. The molecule has 0 aliphatic rings. The number of carbonyl (C=O) groups excluding carboxylic acids is 1. The minimum Gasteiger partial charge on any atom is -0.470 e. The third kappa shape index (κ3) is 4.84. The average Bonchev–Trinajstić information content (AvgIpc) is 2.34. The Morgan fingerprint density at radius 3 is 2.44 bits per heavy atom. The largest absolute Gasteiger partial charge is 0.470 e. The number of ketones is 1. The van der Waals surface area contributed by atoms with Gasteiger partial charge in [0.25, 0.3) is 5.17 Å². The summed E-state index contributed by atoms with van der Waals surface area (Å²) in [5, 5.41) is 0.411. The van der Waals surface area contributed by atoms with Gasteiger partial charge in [-0.05, 0) is 31.1 Å². The number of rotatable bonds is 5. The van der Waals surface area contributed by atoms with Crippen LogP contribution in [0.4, 0.5) is 0 Å². The van der Waals surface area contributed by atoms with Crippen molar-refractivity contribution in [3.05, 3.63) is 35.9 Å². The Kier molecular flexibility index (Phi) is 5.78. The summed E-state index contributed by atoms with van der Waals surface area (Å²) >= 11 is 5.04. The summed E-state index contributed by atoms with van der Waals surface area (Å²) in [6.45, 7) is 1.93. The zero-order chi connectivity index (χ0) is 13.5. The first-order valence-corrected chi connectivity index (χ1v) is 6.30. The van der Waals surface area contributed by atoms with Gasteiger partial charge in [-0.15, -0.1) is 0 Å². The number of hydrogen-bond acceptors (Lipinski definition) is 3. The van der Waals surface area contributed by atoms with Gasteiger partial charge in [0.15, 0.2) is 0 Å². The minimum atomic E-state index is -0.148. The summed E-state index contributed by atoms with van der Waals surface area (Å²) in [7, 11) is 3.64. The molecule has 0 aliphatic heterocycles. The van der Waals surface area contributed by atoms with E-state index in [1.165, 1.54) is 0 Å². The van der Waals surface area contributed by atoms with Crippen LogP contribution in [0.25, 0.3) is 0 Å². The van der Waals surface area contributed by atoms with E-state index in [1.54, 1.807) is 11.8 Å². The topological polar surface area (TPSA) is 29.5 Å². The van der Waals surface area contributed by atoms with Crippen LogP contribution in [0.3, 0.4) is 0 Å².